The first kappa shape index (κ1) is 13.8. The van der Waals surface area contributed by atoms with Gasteiger partial charge in [-0.05, 0) is 30.3 Å². The average molecular weight is 279 g/mol. The predicted molar refractivity (Wildman–Crippen MR) is 69.1 cm³/mol. The van der Waals surface area contributed by atoms with Gasteiger partial charge in [-0.1, -0.05) is 18.2 Å². The first-order chi connectivity index (χ1) is 9.56. The van der Waals surface area contributed by atoms with Gasteiger partial charge in [-0.2, -0.15) is 8.78 Å². The highest BCUT2D eigenvalue weighted by Crippen LogP contribution is 2.23. The van der Waals surface area contributed by atoms with Crippen molar-refractivity contribution in [2.45, 2.75) is 6.61 Å². The third-order valence-corrected chi connectivity index (χ3v) is 2.47. The molecule has 0 radical (unpaired) electrons. The molecule has 2 rings (SSSR count). The number of hydrogen-bond acceptors (Lipinski definition) is 3. The minimum atomic E-state index is -2.95. The topological polar surface area (TPSA) is 58.6 Å². The van der Waals surface area contributed by atoms with Crippen LogP contribution in [0.4, 0.5) is 14.5 Å². The number of carbonyl (C=O) groups excluding carboxylic acids is 1. The van der Waals surface area contributed by atoms with Gasteiger partial charge < -0.3 is 15.2 Å². The van der Waals surface area contributed by atoms with Gasteiger partial charge in [0.1, 0.15) is 11.5 Å². The number of benzene rings is 2. The zero-order chi connectivity index (χ0) is 14.5. The van der Waals surface area contributed by atoms with Gasteiger partial charge in [-0.25, -0.2) is 0 Å². The van der Waals surface area contributed by atoms with E-state index in [9.17, 15) is 18.7 Å². The van der Waals surface area contributed by atoms with Crippen molar-refractivity contribution in [3.05, 3.63) is 54.1 Å². The van der Waals surface area contributed by atoms with Gasteiger partial charge >= 0.3 is 6.61 Å². The monoisotopic (exact) mass is 279 g/mol. The van der Waals surface area contributed by atoms with E-state index in [2.05, 4.69) is 10.1 Å². The molecule has 2 N–H and O–H groups in total. The Hall–Kier alpha value is -2.63. The van der Waals surface area contributed by atoms with E-state index in [1.807, 2.05) is 0 Å². The summed E-state index contributed by atoms with van der Waals surface area (Å²) in [6, 6.07) is 11.6. The minimum absolute atomic E-state index is 0.0826. The number of carbonyl (C=O) groups is 1. The van der Waals surface area contributed by atoms with E-state index in [0.29, 0.717) is 0 Å². The Morgan fingerprint density at radius 1 is 1.15 bits per heavy atom. The molecule has 0 atom stereocenters. The number of nitrogens with one attached hydrogen (secondary N) is 1. The lowest BCUT2D eigenvalue weighted by Crippen LogP contribution is -2.12. The van der Waals surface area contributed by atoms with Crippen LogP contribution in [-0.4, -0.2) is 17.6 Å². The lowest BCUT2D eigenvalue weighted by atomic mass is 10.2. The molecular weight excluding hydrogens is 268 g/mol. The SMILES string of the molecule is O=C(Nc1ccccc1O)c1cccc(OC(F)F)c1. The molecule has 2 aromatic rings. The highest BCUT2D eigenvalue weighted by Gasteiger charge is 2.11. The standard InChI is InChI=1S/C14H11F2NO3/c15-14(16)20-10-5-3-4-9(8-10)13(19)17-11-6-1-2-7-12(11)18/h1-8,14,18H,(H,17,19). The van der Waals surface area contributed by atoms with Crippen LogP contribution in [0.5, 0.6) is 11.5 Å². The van der Waals surface area contributed by atoms with Crippen LogP contribution in [0, 0.1) is 0 Å². The lowest BCUT2D eigenvalue weighted by Gasteiger charge is -2.08. The number of anilines is 1. The molecule has 0 saturated carbocycles. The molecule has 0 aromatic heterocycles. The Kier molecular flexibility index (Phi) is 4.14. The van der Waals surface area contributed by atoms with Crippen LogP contribution in [0.25, 0.3) is 0 Å². The number of halogens is 2. The summed E-state index contributed by atoms with van der Waals surface area (Å²) in [5.74, 6) is -0.725. The van der Waals surface area contributed by atoms with E-state index in [1.54, 1.807) is 12.1 Å². The second-order valence-corrected chi connectivity index (χ2v) is 3.88. The molecule has 0 bridgehead atoms. The van der Waals surface area contributed by atoms with Gasteiger partial charge in [-0.3, -0.25) is 4.79 Å². The molecule has 20 heavy (non-hydrogen) atoms. The molecule has 0 fully saturated rings. The van der Waals surface area contributed by atoms with Crippen LogP contribution in [0.3, 0.4) is 0 Å². The Morgan fingerprint density at radius 2 is 1.90 bits per heavy atom. The summed E-state index contributed by atoms with van der Waals surface area (Å²) in [5.41, 5.74) is 0.379. The third-order valence-electron chi connectivity index (χ3n) is 2.47. The van der Waals surface area contributed by atoms with E-state index in [4.69, 9.17) is 0 Å². The summed E-state index contributed by atoms with van der Waals surface area (Å²) in [7, 11) is 0. The fraction of sp³-hybridized carbons (Fsp3) is 0.0714. The molecule has 0 aliphatic heterocycles. The van der Waals surface area contributed by atoms with Gasteiger partial charge in [0.05, 0.1) is 5.69 Å². The number of phenols is 1. The maximum atomic E-state index is 12.1. The van der Waals surface area contributed by atoms with Crippen LogP contribution in [-0.2, 0) is 0 Å². The first-order valence-corrected chi connectivity index (χ1v) is 5.70. The molecule has 0 spiro atoms. The van der Waals surface area contributed by atoms with E-state index in [0.717, 1.165) is 0 Å². The number of rotatable bonds is 4. The van der Waals surface area contributed by atoms with Crippen molar-refractivity contribution in [1.82, 2.24) is 0 Å². The summed E-state index contributed by atoms with van der Waals surface area (Å²) in [5, 5.41) is 12.0. The number of aromatic hydroxyl groups is 1. The zero-order valence-electron chi connectivity index (χ0n) is 10.2. The zero-order valence-corrected chi connectivity index (χ0v) is 10.2. The van der Waals surface area contributed by atoms with Crippen LogP contribution in [0.2, 0.25) is 0 Å². The minimum Gasteiger partial charge on any atom is -0.506 e. The van der Waals surface area contributed by atoms with Crippen molar-refractivity contribution < 1.29 is 23.4 Å². The second-order valence-electron chi connectivity index (χ2n) is 3.88. The maximum Gasteiger partial charge on any atom is 0.387 e. The van der Waals surface area contributed by atoms with E-state index < -0.39 is 12.5 Å². The summed E-state index contributed by atoms with van der Waals surface area (Å²) in [6.45, 7) is -2.95. The summed E-state index contributed by atoms with van der Waals surface area (Å²) in [6.07, 6.45) is 0. The average Bonchev–Trinajstić information content (AvgIpc) is 2.41. The van der Waals surface area contributed by atoms with Gasteiger partial charge in [0.15, 0.2) is 0 Å². The van der Waals surface area contributed by atoms with E-state index >= 15 is 0 Å². The highest BCUT2D eigenvalue weighted by atomic mass is 19.3. The number of ether oxygens (including phenoxy) is 1. The molecule has 4 nitrogen and oxygen atoms in total. The molecule has 0 aliphatic rings. The summed E-state index contributed by atoms with van der Waals surface area (Å²) in [4.78, 5) is 11.9. The smallest absolute Gasteiger partial charge is 0.387 e. The second kappa shape index (κ2) is 6.01. The maximum absolute atomic E-state index is 12.1. The predicted octanol–water partition coefficient (Wildman–Crippen LogP) is 3.25. The van der Waals surface area contributed by atoms with Gasteiger partial charge in [-0.15, -0.1) is 0 Å². The quantitative estimate of drug-likeness (QED) is 0.845. The largest absolute Gasteiger partial charge is 0.506 e. The fourth-order valence-corrected chi connectivity index (χ4v) is 1.59. The Labute approximate surface area is 113 Å². The van der Waals surface area contributed by atoms with Crippen molar-refractivity contribution in [2.24, 2.45) is 0 Å². The first-order valence-electron chi connectivity index (χ1n) is 5.70. The molecule has 0 heterocycles. The summed E-state index contributed by atoms with van der Waals surface area (Å²) < 4.78 is 28.4. The van der Waals surface area contributed by atoms with E-state index in [1.165, 1.54) is 36.4 Å². The van der Waals surface area contributed by atoms with Crippen molar-refractivity contribution >= 4 is 11.6 Å². The molecule has 0 saturated heterocycles. The molecule has 104 valence electrons. The highest BCUT2D eigenvalue weighted by molar-refractivity contribution is 6.05. The Bertz CT molecular complexity index is 617. The molecule has 0 unspecified atom stereocenters. The number of phenolic OH excluding ortho intramolecular Hbond substituents is 1. The molecule has 0 aliphatic carbocycles. The van der Waals surface area contributed by atoms with Crippen LogP contribution < -0.4 is 10.1 Å². The normalized spacial score (nSPS) is 10.3. The third kappa shape index (κ3) is 3.44. The molecular formula is C14H11F2NO3. The van der Waals surface area contributed by atoms with Gasteiger partial charge in [0, 0.05) is 5.56 Å². The van der Waals surface area contributed by atoms with Crippen LogP contribution in [0.1, 0.15) is 10.4 Å². The van der Waals surface area contributed by atoms with Crippen molar-refractivity contribution in [2.75, 3.05) is 5.32 Å². The van der Waals surface area contributed by atoms with Gasteiger partial charge in [0.25, 0.3) is 5.91 Å². The Morgan fingerprint density at radius 3 is 2.60 bits per heavy atom. The van der Waals surface area contributed by atoms with E-state index in [-0.39, 0.29) is 22.7 Å². The molecule has 6 heteroatoms. The molecule has 2 aromatic carbocycles. The Balaban J connectivity index is 2.15. The van der Waals surface area contributed by atoms with Crippen molar-refractivity contribution in [1.29, 1.82) is 0 Å². The van der Waals surface area contributed by atoms with Crippen LogP contribution >= 0.6 is 0 Å². The van der Waals surface area contributed by atoms with Crippen molar-refractivity contribution in [3.8, 4) is 11.5 Å². The lowest BCUT2D eigenvalue weighted by molar-refractivity contribution is -0.0498. The number of hydrogen-bond donors (Lipinski definition) is 2. The molecule has 1 amide bonds. The number of para-hydroxylation sites is 2. The van der Waals surface area contributed by atoms with Crippen LogP contribution in [0.15, 0.2) is 48.5 Å². The summed E-state index contributed by atoms with van der Waals surface area (Å²) >= 11 is 0. The number of alkyl halides is 2. The van der Waals surface area contributed by atoms with Gasteiger partial charge in [0.2, 0.25) is 0 Å². The fourth-order valence-electron chi connectivity index (χ4n) is 1.59. The number of amides is 1. The van der Waals surface area contributed by atoms with Crippen molar-refractivity contribution in [3.63, 3.8) is 0 Å².